The monoisotopic (exact) mass is 332 g/mol. The van der Waals surface area contributed by atoms with E-state index >= 15 is 0 Å². The number of hydrogen-bond acceptors (Lipinski definition) is 5. The van der Waals surface area contributed by atoms with Crippen LogP contribution in [-0.2, 0) is 19.9 Å². The van der Waals surface area contributed by atoms with E-state index in [4.69, 9.17) is 0 Å². The maximum absolute atomic E-state index is 11.8. The van der Waals surface area contributed by atoms with Crippen LogP contribution in [0.3, 0.4) is 0 Å². The maximum Gasteiger partial charge on any atom is 0.229 e. The molecule has 2 atom stereocenters. The Morgan fingerprint density at radius 2 is 1.71 bits per heavy atom. The van der Waals surface area contributed by atoms with Crippen LogP contribution in [0, 0.1) is 0 Å². The molecule has 1 saturated carbocycles. The molecule has 1 aliphatic carbocycles. The molecule has 0 aromatic heterocycles. The quantitative estimate of drug-likeness (QED) is 0.851. The maximum atomic E-state index is 11.8. The molecule has 0 saturated heterocycles. The second-order valence-electron chi connectivity index (χ2n) is 5.50. The minimum Gasteiger partial charge on any atom is -0.381 e. The standard InChI is InChI=1S/C13H20N2O4S2/c1-20(16,17)13-8-4-7-12(13)14-10-5-3-6-11(9-10)15-21(2,18)19/h3,5-6,9,12-15H,4,7-8H2,1-2H3. The average Bonchev–Trinajstić information content (AvgIpc) is 2.74. The lowest BCUT2D eigenvalue weighted by molar-refractivity contribution is 0.579. The first-order valence-corrected chi connectivity index (χ1v) is 10.5. The molecule has 118 valence electrons. The first-order valence-electron chi connectivity index (χ1n) is 6.68. The molecule has 0 amide bonds. The van der Waals surface area contributed by atoms with Crippen LogP contribution in [0.25, 0.3) is 0 Å². The third-order valence-electron chi connectivity index (χ3n) is 3.52. The van der Waals surface area contributed by atoms with Gasteiger partial charge in [-0.15, -0.1) is 0 Å². The van der Waals surface area contributed by atoms with Crippen LogP contribution >= 0.6 is 0 Å². The zero-order valence-electron chi connectivity index (χ0n) is 12.0. The molecule has 1 aliphatic rings. The lowest BCUT2D eigenvalue weighted by Gasteiger charge is -2.21. The van der Waals surface area contributed by atoms with Gasteiger partial charge in [-0.25, -0.2) is 16.8 Å². The molecule has 1 fully saturated rings. The van der Waals surface area contributed by atoms with Crippen LogP contribution < -0.4 is 10.0 Å². The van der Waals surface area contributed by atoms with Gasteiger partial charge in [-0.2, -0.15) is 0 Å². The summed E-state index contributed by atoms with van der Waals surface area (Å²) in [6, 6.07) is 6.70. The van der Waals surface area contributed by atoms with E-state index in [2.05, 4.69) is 10.0 Å². The lowest BCUT2D eigenvalue weighted by atomic mass is 10.2. The van der Waals surface area contributed by atoms with Gasteiger partial charge in [-0.3, -0.25) is 4.72 Å². The topological polar surface area (TPSA) is 92.3 Å². The van der Waals surface area contributed by atoms with E-state index in [1.165, 1.54) is 6.26 Å². The van der Waals surface area contributed by atoms with Gasteiger partial charge in [0.1, 0.15) is 0 Å². The number of rotatable bonds is 5. The second kappa shape index (κ2) is 5.84. The number of sulfone groups is 1. The van der Waals surface area contributed by atoms with Gasteiger partial charge >= 0.3 is 0 Å². The molecule has 1 aromatic carbocycles. The molecule has 0 spiro atoms. The van der Waals surface area contributed by atoms with Gasteiger partial charge in [0.2, 0.25) is 10.0 Å². The Bertz CT molecular complexity index is 713. The van der Waals surface area contributed by atoms with Gasteiger partial charge in [-0.1, -0.05) is 6.07 Å². The molecule has 21 heavy (non-hydrogen) atoms. The smallest absolute Gasteiger partial charge is 0.229 e. The fourth-order valence-corrected chi connectivity index (χ4v) is 4.66. The second-order valence-corrected chi connectivity index (χ2v) is 9.52. The lowest BCUT2D eigenvalue weighted by Crippen LogP contribution is -2.34. The van der Waals surface area contributed by atoms with E-state index in [1.807, 2.05) is 0 Å². The van der Waals surface area contributed by atoms with Crippen LogP contribution in [-0.4, -0.2) is 40.6 Å². The Hall–Kier alpha value is -1.28. The van der Waals surface area contributed by atoms with Crippen molar-refractivity contribution in [3.05, 3.63) is 24.3 Å². The summed E-state index contributed by atoms with van der Waals surface area (Å²) < 4.78 is 48.4. The van der Waals surface area contributed by atoms with Crippen molar-refractivity contribution in [2.75, 3.05) is 22.6 Å². The molecule has 2 N–H and O–H groups in total. The molecule has 0 radical (unpaired) electrons. The predicted molar refractivity (Wildman–Crippen MR) is 84.8 cm³/mol. The Balaban J connectivity index is 2.15. The number of sulfonamides is 1. The molecular weight excluding hydrogens is 312 g/mol. The average molecular weight is 332 g/mol. The van der Waals surface area contributed by atoms with Gasteiger partial charge in [0.15, 0.2) is 9.84 Å². The predicted octanol–water partition coefficient (Wildman–Crippen LogP) is 1.44. The highest BCUT2D eigenvalue weighted by Crippen LogP contribution is 2.28. The van der Waals surface area contributed by atoms with Crippen LogP contribution in [0.1, 0.15) is 19.3 Å². The summed E-state index contributed by atoms with van der Waals surface area (Å²) in [6.07, 6.45) is 4.68. The van der Waals surface area contributed by atoms with E-state index in [9.17, 15) is 16.8 Å². The molecule has 2 unspecified atom stereocenters. The van der Waals surface area contributed by atoms with Crippen molar-refractivity contribution < 1.29 is 16.8 Å². The SMILES string of the molecule is CS(=O)(=O)Nc1cccc(NC2CCCC2S(C)(=O)=O)c1. The van der Waals surface area contributed by atoms with E-state index in [-0.39, 0.29) is 11.3 Å². The summed E-state index contributed by atoms with van der Waals surface area (Å²) >= 11 is 0. The molecule has 1 aromatic rings. The van der Waals surface area contributed by atoms with E-state index in [0.717, 1.165) is 19.1 Å². The Morgan fingerprint density at radius 3 is 2.33 bits per heavy atom. The first-order chi connectivity index (χ1) is 9.65. The van der Waals surface area contributed by atoms with E-state index in [1.54, 1.807) is 24.3 Å². The first kappa shape index (κ1) is 16.1. The number of hydrogen-bond donors (Lipinski definition) is 2. The highest BCUT2D eigenvalue weighted by molar-refractivity contribution is 7.92. The zero-order valence-corrected chi connectivity index (χ0v) is 13.7. The van der Waals surface area contributed by atoms with Crippen molar-refractivity contribution in [2.45, 2.75) is 30.6 Å². The summed E-state index contributed by atoms with van der Waals surface area (Å²) in [5.41, 5.74) is 1.17. The number of anilines is 2. The van der Waals surface area contributed by atoms with Crippen LogP contribution in [0.2, 0.25) is 0 Å². The third kappa shape index (κ3) is 4.60. The molecular formula is C13H20N2O4S2. The van der Waals surface area contributed by atoms with Gasteiger partial charge in [0.05, 0.1) is 17.2 Å². The third-order valence-corrected chi connectivity index (χ3v) is 5.79. The summed E-state index contributed by atoms with van der Waals surface area (Å²) in [7, 11) is -6.41. The van der Waals surface area contributed by atoms with Crippen LogP contribution in [0.15, 0.2) is 24.3 Å². The van der Waals surface area contributed by atoms with Crippen molar-refractivity contribution in [3.8, 4) is 0 Å². The van der Waals surface area contributed by atoms with Crippen molar-refractivity contribution in [3.63, 3.8) is 0 Å². The van der Waals surface area contributed by atoms with E-state index < -0.39 is 19.9 Å². The Morgan fingerprint density at radius 1 is 1.05 bits per heavy atom. The van der Waals surface area contributed by atoms with Crippen molar-refractivity contribution in [1.29, 1.82) is 0 Å². The molecule has 0 aliphatic heterocycles. The van der Waals surface area contributed by atoms with Crippen molar-refractivity contribution in [2.24, 2.45) is 0 Å². The summed E-state index contributed by atoms with van der Waals surface area (Å²) in [5, 5.41) is 2.82. The van der Waals surface area contributed by atoms with Gasteiger partial charge in [-0.05, 0) is 37.5 Å². The zero-order chi connectivity index (χ0) is 15.7. The highest BCUT2D eigenvalue weighted by Gasteiger charge is 2.34. The minimum absolute atomic E-state index is 0.131. The summed E-state index contributed by atoms with van der Waals surface area (Å²) in [4.78, 5) is 0. The minimum atomic E-state index is -3.33. The molecule has 0 bridgehead atoms. The fraction of sp³-hybridized carbons (Fsp3) is 0.538. The number of nitrogens with one attached hydrogen (secondary N) is 2. The van der Waals surface area contributed by atoms with Crippen LogP contribution in [0.4, 0.5) is 11.4 Å². The molecule has 8 heteroatoms. The van der Waals surface area contributed by atoms with Gasteiger partial charge in [0.25, 0.3) is 0 Å². The van der Waals surface area contributed by atoms with Crippen LogP contribution in [0.5, 0.6) is 0 Å². The normalized spacial score (nSPS) is 23.0. The molecule has 0 heterocycles. The Labute approximate surface area is 125 Å². The summed E-state index contributed by atoms with van der Waals surface area (Å²) in [6.45, 7) is 0. The molecule has 6 nitrogen and oxygen atoms in total. The van der Waals surface area contributed by atoms with Gasteiger partial charge in [0, 0.05) is 18.0 Å². The van der Waals surface area contributed by atoms with Crippen molar-refractivity contribution in [1.82, 2.24) is 0 Å². The number of benzene rings is 1. The fourth-order valence-electron chi connectivity index (χ4n) is 2.70. The van der Waals surface area contributed by atoms with Crippen molar-refractivity contribution >= 4 is 31.2 Å². The van der Waals surface area contributed by atoms with Gasteiger partial charge < -0.3 is 5.32 Å². The molecule has 2 rings (SSSR count). The highest BCUT2D eigenvalue weighted by atomic mass is 32.2. The largest absolute Gasteiger partial charge is 0.381 e. The van der Waals surface area contributed by atoms with E-state index in [0.29, 0.717) is 17.8 Å². The Kier molecular flexibility index (Phi) is 4.48. The summed E-state index contributed by atoms with van der Waals surface area (Å²) in [5.74, 6) is 0.